The zero-order valence-electron chi connectivity index (χ0n) is 10.4. The molecular formula is C11H12ClN5O2. The van der Waals surface area contributed by atoms with Gasteiger partial charge in [0.05, 0.1) is 18.7 Å². The van der Waals surface area contributed by atoms with Crippen LogP contribution in [0.1, 0.15) is 17.3 Å². The maximum absolute atomic E-state index is 11.9. The number of anilines is 1. The topological polar surface area (TPSA) is 81.9 Å². The summed E-state index contributed by atoms with van der Waals surface area (Å²) in [5, 5.41) is 14.0. The van der Waals surface area contributed by atoms with E-state index in [1.807, 2.05) is 6.92 Å². The second kappa shape index (κ2) is 5.66. The number of halogens is 1. The molecule has 0 atom stereocenters. The van der Waals surface area contributed by atoms with Gasteiger partial charge in [-0.15, -0.1) is 5.10 Å². The number of carbonyl (C=O) groups is 1. The summed E-state index contributed by atoms with van der Waals surface area (Å²) >= 11 is 6.01. The molecule has 1 amide bonds. The van der Waals surface area contributed by atoms with Crippen molar-refractivity contribution in [2.24, 2.45) is 7.05 Å². The highest BCUT2D eigenvalue weighted by Crippen LogP contribution is 2.25. The molecule has 0 unspecified atom stereocenters. The van der Waals surface area contributed by atoms with Crippen LogP contribution in [0.3, 0.4) is 0 Å². The summed E-state index contributed by atoms with van der Waals surface area (Å²) in [6, 6.07) is 4.78. The van der Waals surface area contributed by atoms with Gasteiger partial charge in [-0.25, -0.2) is 0 Å². The first-order valence-corrected chi connectivity index (χ1v) is 5.95. The predicted molar refractivity (Wildman–Crippen MR) is 69.4 cm³/mol. The summed E-state index contributed by atoms with van der Waals surface area (Å²) in [7, 11) is 1.61. The van der Waals surface area contributed by atoms with Crippen LogP contribution < -0.4 is 10.1 Å². The molecule has 8 heteroatoms. The van der Waals surface area contributed by atoms with Crippen molar-refractivity contribution in [2.45, 2.75) is 6.92 Å². The van der Waals surface area contributed by atoms with Crippen molar-refractivity contribution >= 4 is 23.5 Å². The number of amides is 1. The molecule has 1 N–H and O–H groups in total. The smallest absolute Gasteiger partial charge is 0.270 e. The molecule has 0 radical (unpaired) electrons. The molecule has 1 aromatic carbocycles. The van der Waals surface area contributed by atoms with Gasteiger partial charge in [0.25, 0.3) is 11.9 Å². The van der Waals surface area contributed by atoms with Gasteiger partial charge in [-0.05, 0) is 30.3 Å². The van der Waals surface area contributed by atoms with Crippen LogP contribution in [0.15, 0.2) is 18.2 Å². The van der Waals surface area contributed by atoms with E-state index in [0.29, 0.717) is 22.9 Å². The second-order valence-electron chi connectivity index (χ2n) is 3.63. The number of nitrogens with one attached hydrogen (secondary N) is 1. The van der Waals surface area contributed by atoms with E-state index in [1.54, 1.807) is 19.2 Å². The fourth-order valence-corrected chi connectivity index (χ4v) is 1.66. The lowest BCUT2D eigenvalue weighted by Gasteiger charge is -2.07. The molecule has 1 heterocycles. The number of nitrogens with zero attached hydrogens (tertiary/aromatic N) is 4. The minimum atomic E-state index is -0.363. The van der Waals surface area contributed by atoms with E-state index < -0.39 is 0 Å². The molecule has 2 aromatic rings. The van der Waals surface area contributed by atoms with Crippen LogP contribution in [0.5, 0.6) is 5.75 Å². The molecule has 0 aliphatic rings. The third kappa shape index (κ3) is 3.19. The zero-order chi connectivity index (χ0) is 13.8. The van der Waals surface area contributed by atoms with Crippen molar-refractivity contribution < 1.29 is 9.53 Å². The number of rotatable bonds is 4. The van der Waals surface area contributed by atoms with E-state index in [2.05, 4.69) is 20.7 Å². The molecule has 1 aromatic heterocycles. The third-order valence-electron chi connectivity index (χ3n) is 2.23. The maximum Gasteiger partial charge on any atom is 0.270 e. The molecular weight excluding hydrogens is 270 g/mol. The first-order valence-electron chi connectivity index (χ1n) is 5.58. The van der Waals surface area contributed by atoms with Crippen LogP contribution in [0.4, 0.5) is 5.95 Å². The Bertz CT molecular complexity index is 599. The third-order valence-corrected chi connectivity index (χ3v) is 2.52. The normalized spacial score (nSPS) is 10.3. The van der Waals surface area contributed by atoms with E-state index in [4.69, 9.17) is 16.3 Å². The van der Waals surface area contributed by atoms with Crippen LogP contribution in [-0.2, 0) is 7.05 Å². The number of carbonyl (C=O) groups excluding carboxylic acids is 1. The van der Waals surface area contributed by atoms with Gasteiger partial charge in [0.1, 0.15) is 5.75 Å². The first-order chi connectivity index (χ1) is 9.10. The van der Waals surface area contributed by atoms with Crippen molar-refractivity contribution in [1.82, 2.24) is 20.2 Å². The highest BCUT2D eigenvalue weighted by molar-refractivity contribution is 6.32. The Labute approximate surface area is 114 Å². The van der Waals surface area contributed by atoms with Crippen molar-refractivity contribution in [1.29, 1.82) is 0 Å². The van der Waals surface area contributed by atoms with Crippen LogP contribution in [-0.4, -0.2) is 32.7 Å². The molecule has 0 spiro atoms. The van der Waals surface area contributed by atoms with E-state index in [1.165, 1.54) is 10.9 Å². The fraction of sp³-hybridized carbons (Fsp3) is 0.273. The summed E-state index contributed by atoms with van der Waals surface area (Å²) in [4.78, 5) is 13.2. The average molecular weight is 282 g/mol. The number of aromatic nitrogens is 4. The Balaban J connectivity index is 2.13. The minimum Gasteiger partial charge on any atom is -0.492 e. The number of benzene rings is 1. The van der Waals surface area contributed by atoms with E-state index in [0.717, 1.165) is 0 Å². The Hall–Kier alpha value is -2.15. The van der Waals surface area contributed by atoms with Crippen molar-refractivity contribution in [3.8, 4) is 5.75 Å². The molecule has 7 nitrogen and oxygen atoms in total. The van der Waals surface area contributed by atoms with Gasteiger partial charge in [-0.3, -0.25) is 10.1 Å². The highest BCUT2D eigenvalue weighted by atomic mass is 35.5. The zero-order valence-corrected chi connectivity index (χ0v) is 11.2. The van der Waals surface area contributed by atoms with Crippen LogP contribution >= 0.6 is 11.6 Å². The quantitative estimate of drug-likeness (QED) is 0.919. The average Bonchev–Trinajstić information content (AvgIpc) is 2.77. The number of hydrogen-bond donors (Lipinski definition) is 1. The van der Waals surface area contributed by atoms with Gasteiger partial charge < -0.3 is 4.74 Å². The van der Waals surface area contributed by atoms with Crippen LogP contribution in [0.25, 0.3) is 0 Å². The number of tetrazole rings is 1. The molecule has 0 aliphatic heterocycles. The SMILES string of the molecule is CCOc1ccc(C(=O)Nc2nnn(C)n2)cc1Cl. The Morgan fingerprint density at radius 1 is 1.53 bits per heavy atom. The number of aryl methyl sites for hydroxylation is 1. The largest absolute Gasteiger partial charge is 0.492 e. The standard InChI is InChI=1S/C11H12ClN5O2/c1-3-19-9-5-4-7(6-8(9)12)10(18)13-11-14-16-17(2)15-11/h4-6H,3H2,1-2H3,(H,13,15,18). The number of hydrogen-bond acceptors (Lipinski definition) is 5. The number of ether oxygens (including phenoxy) is 1. The van der Waals surface area contributed by atoms with E-state index >= 15 is 0 Å². The van der Waals surface area contributed by atoms with Crippen molar-refractivity contribution in [2.75, 3.05) is 11.9 Å². The lowest BCUT2D eigenvalue weighted by atomic mass is 10.2. The molecule has 0 bridgehead atoms. The summed E-state index contributed by atoms with van der Waals surface area (Å²) < 4.78 is 5.29. The molecule has 0 saturated carbocycles. The van der Waals surface area contributed by atoms with Crippen molar-refractivity contribution in [3.63, 3.8) is 0 Å². The van der Waals surface area contributed by atoms with Gasteiger partial charge >= 0.3 is 0 Å². The molecule has 100 valence electrons. The van der Waals surface area contributed by atoms with Gasteiger partial charge in [0.15, 0.2) is 0 Å². The second-order valence-corrected chi connectivity index (χ2v) is 4.04. The van der Waals surface area contributed by atoms with Gasteiger partial charge in [-0.1, -0.05) is 16.7 Å². The minimum absolute atomic E-state index is 0.137. The van der Waals surface area contributed by atoms with E-state index in [-0.39, 0.29) is 11.9 Å². The predicted octanol–water partition coefficient (Wildman–Crippen LogP) is 1.51. The summed E-state index contributed by atoms with van der Waals surface area (Å²) in [5.74, 6) is 0.314. The summed E-state index contributed by atoms with van der Waals surface area (Å²) in [6.45, 7) is 2.37. The van der Waals surface area contributed by atoms with Gasteiger partial charge in [-0.2, -0.15) is 4.80 Å². The van der Waals surface area contributed by atoms with E-state index in [9.17, 15) is 4.79 Å². The highest BCUT2D eigenvalue weighted by Gasteiger charge is 2.11. The summed E-state index contributed by atoms with van der Waals surface area (Å²) in [5.41, 5.74) is 0.390. The fourth-order valence-electron chi connectivity index (χ4n) is 1.42. The Morgan fingerprint density at radius 2 is 2.32 bits per heavy atom. The first kappa shape index (κ1) is 13.3. The van der Waals surface area contributed by atoms with Gasteiger partial charge in [0, 0.05) is 5.56 Å². The van der Waals surface area contributed by atoms with Crippen LogP contribution in [0.2, 0.25) is 5.02 Å². The van der Waals surface area contributed by atoms with Crippen LogP contribution in [0, 0.1) is 0 Å². The van der Waals surface area contributed by atoms with Gasteiger partial charge in [0.2, 0.25) is 0 Å². The molecule has 0 aliphatic carbocycles. The molecule has 19 heavy (non-hydrogen) atoms. The lowest BCUT2D eigenvalue weighted by Crippen LogP contribution is -2.13. The molecule has 0 saturated heterocycles. The van der Waals surface area contributed by atoms with Crippen molar-refractivity contribution in [3.05, 3.63) is 28.8 Å². The maximum atomic E-state index is 11.9. The molecule has 0 fully saturated rings. The Kier molecular flexibility index (Phi) is 3.96. The monoisotopic (exact) mass is 281 g/mol. The Morgan fingerprint density at radius 3 is 2.89 bits per heavy atom. The molecule has 2 rings (SSSR count). The summed E-state index contributed by atoms with van der Waals surface area (Å²) in [6.07, 6.45) is 0. The lowest BCUT2D eigenvalue weighted by molar-refractivity contribution is 0.102.